The van der Waals surface area contributed by atoms with Crippen molar-refractivity contribution in [1.82, 2.24) is 4.90 Å². The predicted molar refractivity (Wildman–Crippen MR) is 49.9 cm³/mol. The van der Waals surface area contributed by atoms with Gasteiger partial charge in [0.15, 0.2) is 5.96 Å². The third-order valence-electron chi connectivity index (χ3n) is 2.62. The van der Waals surface area contributed by atoms with E-state index < -0.39 is 0 Å². The topological polar surface area (TPSA) is 79.1 Å². The van der Waals surface area contributed by atoms with Crippen LogP contribution in [0.25, 0.3) is 0 Å². The number of guanidine groups is 1. The fraction of sp³-hybridized carbons (Fsp3) is 0.875. The Morgan fingerprint density at radius 2 is 2.00 bits per heavy atom. The number of piperidine rings is 1. The maximum atomic E-state index is 7.23. The highest BCUT2D eigenvalue weighted by molar-refractivity contribution is 5.74. The molecule has 70 valence electrons. The summed E-state index contributed by atoms with van der Waals surface area (Å²) >= 11 is 0. The molecule has 1 aliphatic rings. The molecule has 0 bridgehead atoms. The summed E-state index contributed by atoms with van der Waals surface area (Å²) in [4.78, 5) is 1.90. The molecule has 4 nitrogen and oxygen atoms in total. The maximum Gasteiger partial charge on any atom is 0.188 e. The monoisotopic (exact) mass is 170 g/mol. The van der Waals surface area contributed by atoms with Crippen molar-refractivity contribution in [3.63, 3.8) is 0 Å². The lowest BCUT2D eigenvalue weighted by atomic mass is 9.91. The minimum atomic E-state index is 0.193. The highest BCUT2D eigenvalue weighted by Crippen LogP contribution is 2.18. The van der Waals surface area contributed by atoms with Gasteiger partial charge in [0.2, 0.25) is 0 Å². The number of nitrogens with zero attached hydrogens (tertiary/aromatic N) is 1. The molecule has 0 radical (unpaired) electrons. The van der Waals surface area contributed by atoms with Crippen LogP contribution >= 0.6 is 0 Å². The van der Waals surface area contributed by atoms with E-state index in [-0.39, 0.29) is 12.0 Å². The van der Waals surface area contributed by atoms with Gasteiger partial charge >= 0.3 is 0 Å². The standard InChI is InChI=1S/C8H18N4/c1-6(9)7-2-4-12(5-3-7)8(10)11/h6-7H,2-5,9H2,1H3,(H3,10,11). The average Bonchev–Trinajstić information content (AvgIpc) is 2.04. The minimum Gasteiger partial charge on any atom is -0.370 e. The Bertz CT molecular complexity index is 158. The van der Waals surface area contributed by atoms with E-state index in [0.29, 0.717) is 5.92 Å². The van der Waals surface area contributed by atoms with Crippen molar-refractivity contribution < 1.29 is 0 Å². The Labute approximate surface area is 73.4 Å². The summed E-state index contributed by atoms with van der Waals surface area (Å²) in [5.74, 6) is 0.804. The molecule has 4 heteroatoms. The average molecular weight is 170 g/mol. The van der Waals surface area contributed by atoms with E-state index in [2.05, 4.69) is 0 Å². The van der Waals surface area contributed by atoms with Gasteiger partial charge in [0, 0.05) is 19.1 Å². The maximum absolute atomic E-state index is 7.23. The molecule has 0 spiro atoms. The fourth-order valence-electron chi connectivity index (χ4n) is 1.67. The highest BCUT2D eigenvalue weighted by Gasteiger charge is 2.21. The Kier molecular flexibility index (Phi) is 2.92. The molecule has 5 N–H and O–H groups in total. The molecule has 0 aromatic carbocycles. The molecule has 1 heterocycles. The van der Waals surface area contributed by atoms with Crippen LogP contribution in [0.5, 0.6) is 0 Å². The molecule has 1 aliphatic heterocycles. The number of hydrogen-bond donors (Lipinski definition) is 3. The zero-order valence-corrected chi connectivity index (χ0v) is 7.59. The quantitative estimate of drug-likeness (QED) is 0.381. The number of nitrogens with two attached hydrogens (primary N) is 2. The molecule has 1 fully saturated rings. The van der Waals surface area contributed by atoms with Crippen LogP contribution in [0.4, 0.5) is 0 Å². The molecule has 1 atom stereocenters. The second kappa shape index (κ2) is 3.76. The number of nitrogens with one attached hydrogen (secondary N) is 1. The first-order valence-corrected chi connectivity index (χ1v) is 4.46. The van der Waals surface area contributed by atoms with Gasteiger partial charge in [-0.05, 0) is 25.7 Å². The van der Waals surface area contributed by atoms with E-state index in [9.17, 15) is 0 Å². The lowest BCUT2D eigenvalue weighted by molar-refractivity contribution is 0.241. The number of likely N-dealkylation sites (tertiary alicyclic amines) is 1. The van der Waals surface area contributed by atoms with Crippen LogP contribution < -0.4 is 11.5 Å². The van der Waals surface area contributed by atoms with Crippen molar-refractivity contribution in [2.45, 2.75) is 25.8 Å². The SMILES string of the molecule is CC(N)C1CCN(C(=N)N)CC1. The van der Waals surface area contributed by atoms with E-state index in [1.165, 1.54) is 0 Å². The van der Waals surface area contributed by atoms with E-state index >= 15 is 0 Å². The van der Waals surface area contributed by atoms with Crippen molar-refractivity contribution in [1.29, 1.82) is 5.41 Å². The van der Waals surface area contributed by atoms with Gasteiger partial charge in [-0.3, -0.25) is 5.41 Å². The largest absolute Gasteiger partial charge is 0.370 e. The normalized spacial score (nSPS) is 22.3. The third kappa shape index (κ3) is 2.11. The molecule has 0 amide bonds. The Hall–Kier alpha value is -0.770. The summed E-state index contributed by atoms with van der Waals surface area (Å²) < 4.78 is 0. The number of hydrogen-bond acceptors (Lipinski definition) is 2. The molecular formula is C8H18N4. The van der Waals surface area contributed by atoms with Gasteiger partial charge in [-0.1, -0.05) is 0 Å². The first-order valence-electron chi connectivity index (χ1n) is 4.46. The molecule has 1 saturated heterocycles. The van der Waals surface area contributed by atoms with Crippen LogP contribution in [0, 0.1) is 11.3 Å². The smallest absolute Gasteiger partial charge is 0.188 e. The first-order chi connectivity index (χ1) is 5.61. The van der Waals surface area contributed by atoms with Crippen molar-refractivity contribution >= 4 is 5.96 Å². The van der Waals surface area contributed by atoms with Crippen molar-refractivity contribution in [2.75, 3.05) is 13.1 Å². The van der Waals surface area contributed by atoms with Gasteiger partial charge in [0.25, 0.3) is 0 Å². The van der Waals surface area contributed by atoms with Gasteiger partial charge in [-0.2, -0.15) is 0 Å². The van der Waals surface area contributed by atoms with Crippen LogP contribution in [0.3, 0.4) is 0 Å². The lowest BCUT2D eigenvalue weighted by Crippen LogP contribution is -2.45. The van der Waals surface area contributed by atoms with Crippen LogP contribution in [0.1, 0.15) is 19.8 Å². The minimum absolute atomic E-state index is 0.193. The van der Waals surface area contributed by atoms with Crippen LogP contribution in [-0.2, 0) is 0 Å². The summed E-state index contributed by atoms with van der Waals surface area (Å²) in [6.45, 7) is 3.83. The van der Waals surface area contributed by atoms with Gasteiger partial charge in [-0.25, -0.2) is 0 Å². The number of rotatable bonds is 1. The zero-order chi connectivity index (χ0) is 9.14. The zero-order valence-electron chi connectivity index (χ0n) is 7.59. The molecule has 0 aromatic rings. The van der Waals surface area contributed by atoms with E-state index in [1.807, 2.05) is 11.8 Å². The molecule has 1 unspecified atom stereocenters. The second-order valence-electron chi connectivity index (χ2n) is 3.57. The van der Waals surface area contributed by atoms with Crippen LogP contribution in [0.2, 0.25) is 0 Å². The summed E-state index contributed by atoms with van der Waals surface area (Å²) in [7, 11) is 0. The van der Waals surface area contributed by atoms with E-state index in [4.69, 9.17) is 16.9 Å². The summed E-state index contributed by atoms with van der Waals surface area (Å²) in [6.07, 6.45) is 2.13. The van der Waals surface area contributed by atoms with Crippen molar-refractivity contribution in [3.8, 4) is 0 Å². The van der Waals surface area contributed by atoms with Gasteiger partial charge in [0.1, 0.15) is 0 Å². The van der Waals surface area contributed by atoms with Crippen molar-refractivity contribution in [2.24, 2.45) is 17.4 Å². The summed E-state index contributed by atoms with van der Waals surface area (Å²) in [5, 5.41) is 7.23. The third-order valence-corrected chi connectivity index (χ3v) is 2.62. The van der Waals surface area contributed by atoms with Gasteiger partial charge < -0.3 is 16.4 Å². The van der Waals surface area contributed by atoms with Crippen LogP contribution in [-0.4, -0.2) is 30.0 Å². The summed E-state index contributed by atoms with van der Waals surface area (Å²) in [5.41, 5.74) is 11.2. The first kappa shape index (κ1) is 9.32. The predicted octanol–water partition coefficient (Wildman–Crippen LogP) is -0.0609. The van der Waals surface area contributed by atoms with E-state index in [1.54, 1.807) is 0 Å². The molecule has 0 aliphatic carbocycles. The summed E-state index contributed by atoms with van der Waals surface area (Å²) in [6, 6.07) is 0.277. The van der Waals surface area contributed by atoms with Crippen LogP contribution in [0.15, 0.2) is 0 Å². The Balaban J connectivity index is 2.34. The van der Waals surface area contributed by atoms with Gasteiger partial charge in [-0.15, -0.1) is 0 Å². The molecule has 12 heavy (non-hydrogen) atoms. The Morgan fingerprint density at radius 1 is 1.50 bits per heavy atom. The van der Waals surface area contributed by atoms with E-state index in [0.717, 1.165) is 25.9 Å². The van der Waals surface area contributed by atoms with Crippen molar-refractivity contribution in [3.05, 3.63) is 0 Å². The molecule has 0 aromatic heterocycles. The molecule has 0 saturated carbocycles. The highest BCUT2D eigenvalue weighted by atomic mass is 15.2. The van der Waals surface area contributed by atoms with Gasteiger partial charge in [0.05, 0.1) is 0 Å². The lowest BCUT2D eigenvalue weighted by Gasteiger charge is -2.33. The Morgan fingerprint density at radius 3 is 2.33 bits per heavy atom. The molecule has 1 rings (SSSR count). The fourth-order valence-corrected chi connectivity index (χ4v) is 1.67. The second-order valence-corrected chi connectivity index (χ2v) is 3.57. The molecular weight excluding hydrogens is 152 g/mol.